The summed E-state index contributed by atoms with van der Waals surface area (Å²) in [6.07, 6.45) is 6.30. The molecule has 0 atom stereocenters. The van der Waals surface area contributed by atoms with Gasteiger partial charge in [0.2, 0.25) is 0 Å². The van der Waals surface area contributed by atoms with Crippen LogP contribution in [0.3, 0.4) is 0 Å². The molecule has 0 bridgehead atoms. The number of aromatic nitrogens is 2. The third kappa shape index (κ3) is 3.12. The number of nitrogens with zero attached hydrogens (tertiary/aromatic N) is 3. The molecule has 2 aliphatic heterocycles. The Morgan fingerprint density at radius 1 is 1.15 bits per heavy atom. The minimum atomic E-state index is 0.842. The number of morpholine rings is 1. The zero-order chi connectivity index (χ0) is 17.5. The zero-order valence-electron chi connectivity index (χ0n) is 15.7. The van der Waals surface area contributed by atoms with Crippen LogP contribution in [0, 0.1) is 5.92 Å². The summed E-state index contributed by atoms with van der Waals surface area (Å²) in [5.41, 5.74) is 1.56. The van der Waals surface area contributed by atoms with E-state index in [4.69, 9.17) is 14.7 Å². The van der Waals surface area contributed by atoms with Gasteiger partial charge in [0, 0.05) is 18.0 Å². The van der Waals surface area contributed by atoms with Crippen LogP contribution in [-0.4, -0.2) is 49.4 Å². The molecular weight excluding hydrogens is 344 g/mol. The van der Waals surface area contributed by atoms with Gasteiger partial charge in [-0.25, -0.2) is 9.97 Å². The molecule has 0 amide bonds. The molecule has 0 aromatic carbocycles. The summed E-state index contributed by atoms with van der Waals surface area (Å²) in [6, 6.07) is 0. The predicted molar refractivity (Wildman–Crippen MR) is 105 cm³/mol. The number of thiophene rings is 1. The molecule has 0 radical (unpaired) electrons. The average molecular weight is 374 g/mol. The van der Waals surface area contributed by atoms with Crippen LogP contribution >= 0.6 is 11.3 Å². The van der Waals surface area contributed by atoms with Crippen molar-refractivity contribution >= 4 is 27.4 Å². The summed E-state index contributed by atoms with van der Waals surface area (Å²) in [5, 5.41) is 1.39. The Morgan fingerprint density at radius 2 is 1.96 bits per heavy atom. The van der Waals surface area contributed by atoms with Gasteiger partial charge in [0.05, 0.1) is 18.6 Å². The SMILES string of the molecule is CC1CCN(c2nc(C[NH+]3CCOCC3)nc3sc4c(c23)CCC4)CC1. The lowest BCUT2D eigenvalue weighted by Gasteiger charge is -2.32. The molecule has 1 aliphatic carbocycles. The van der Waals surface area contributed by atoms with Gasteiger partial charge in [-0.3, -0.25) is 0 Å². The van der Waals surface area contributed by atoms with Crippen LogP contribution in [0.4, 0.5) is 5.82 Å². The van der Waals surface area contributed by atoms with Crippen molar-refractivity contribution < 1.29 is 9.64 Å². The fourth-order valence-corrected chi connectivity index (χ4v) is 5.88. The fourth-order valence-electron chi connectivity index (χ4n) is 4.61. The fraction of sp³-hybridized carbons (Fsp3) is 0.700. The van der Waals surface area contributed by atoms with Crippen LogP contribution in [0.5, 0.6) is 0 Å². The van der Waals surface area contributed by atoms with Crippen LogP contribution in [0.15, 0.2) is 0 Å². The summed E-state index contributed by atoms with van der Waals surface area (Å²) in [5.74, 6) is 3.11. The van der Waals surface area contributed by atoms with Gasteiger partial charge in [-0.2, -0.15) is 0 Å². The number of nitrogens with one attached hydrogen (secondary N) is 1. The molecule has 0 saturated carbocycles. The Hall–Kier alpha value is -1.24. The highest BCUT2D eigenvalue weighted by molar-refractivity contribution is 7.19. The van der Waals surface area contributed by atoms with Crippen molar-refractivity contribution in [2.45, 2.75) is 45.6 Å². The smallest absolute Gasteiger partial charge is 0.187 e. The number of rotatable bonds is 3. The maximum absolute atomic E-state index is 5.51. The van der Waals surface area contributed by atoms with E-state index in [9.17, 15) is 0 Å². The number of fused-ring (bicyclic) bond motifs is 3. The van der Waals surface area contributed by atoms with E-state index in [2.05, 4.69) is 11.8 Å². The number of hydrogen-bond donors (Lipinski definition) is 1. The van der Waals surface area contributed by atoms with Crippen LogP contribution in [0.1, 0.15) is 42.5 Å². The number of quaternary nitrogens is 1. The average Bonchev–Trinajstić information content (AvgIpc) is 3.23. The molecule has 5 nitrogen and oxygen atoms in total. The Balaban J connectivity index is 1.53. The molecule has 26 heavy (non-hydrogen) atoms. The van der Waals surface area contributed by atoms with E-state index in [-0.39, 0.29) is 0 Å². The van der Waals surface area contributed by atoms with Crippen LogP contribution in [0.25, 0.3) is 10.2 Å². The first-order valence-corrected chi connectivity index (χ1v) is 11.1. The van der Waals surface area contributed by atoms with Crippen LogP contribution in [-0.2, 0) is 24.1 Å². The first-order valence-electron chi connectivity index (χ1n) is 10.3. The molecule has 3 aliphatic rings. The van der Waals surface area contributed by atoms with Crippen molar-refractivity contribution in [1.29, 1.82) is 0 Å². The molecule has 0 unspecified atom stereocenters. The second-order valence-electron chi connectivity index (χ2n) is 8.21. The lowest BCUT2D eigenvalue weighted by atomic mass is 9.99. The highest BCUT2D eigenvalue weighted by Gasteiger charge is 2.27. The van der Waals surface area contributed by atoms with Crippen molar-refractivity contribution in [2.24, 2.45) is 5.92 Å². The largest absolute Gasteiger partial charge is 0.370 e. The summed E-state index contributed by atoms with van der Waals surface area (Å²) in [4.78, 5) is 17.1. The maximum atomic E-state index is 5.51. The molecule has 6 heteroatoms. The number of hydrogen-bond acceptors (Lipinski definition) is 5. The minimum Gasteiger partial charge on any atom is -0.370 e. The molecule has 0 spiro atoms. The van der Waals surface area contributed by atoms with E-state index in [0.717, 1.165) is 57.7 Å². The molecular formula is C20H29N4OS+. The Kier molecular flexibility index (Phi) is 4.59. The van der Waals surface area contributed by atoms with E-state index in [1.54, 1.807) is 15.3 Å². The van der Waals surface area contributed by atoms with Crippen molar-refractivity contribution in [3.05, 3.63) is 16.3 Å². The Labute approximate surface area is 159 Å². The van der Waals surface area contributed by atoms with Crippen LogP contribution in [0.2, 0.25) is 0 Å². The zero-order valence-corrected chi connectivity index (χ0v) is 16.5. The molecule has 2 saturated heterocycles. The summed E-state index contributed by atoms with van der Waals surface area (Å²) >= 11 is 1.93. The standard InChI is InChI=1S/C20H28N4OS/c1-14-5-7-24(8-6-14)19-18-15-3-2-4-16(15)26-20(18)22-17(21-19)13-23-9-11-25-12-10-23/h14H,2-13H2,1H3/p+1. The lowest BCUT2D eigenvalue weighted by Crippen LogP contribution is -3.12. The third-order valence-electron chi connectivity index (χ3n) is 6.28. The van der Waals surface area contributed by atoms with E-state index in [0.29, 0.717) is 0 Å². The Morgan fingerprint density at radius 3 is 2.77 bits per heavy atom. The van der Waals surface area contributed by atoms with Gasteiger partial charge in [-0.05, 0) is 43.6 Å². The predicted octanol–water partition coefficient (Wildman–Crippen LogP) is 1.83. The summed E-state index contributed by atoms with van der Waals surface area (Å²) < 4.78 is 5.51. The topological polar surface area (TPSA) is 42.7 Å². The third-order valence-corrected chi connectivity index (χ3v) is 7.47. The second-order valence-corrected chi connectivity index (χ2v) is 9.29. The summed E-state index contributed by atoms with van der Waals surface area (Å²) in [6.45, 7) is 9.45. The molecule has 4 heterocycles. The summed E-state index contributed by atoms with van der Waals surface area (Å²) in [7, 11) is 0. The van der Waals surface area contributed by atoms with E-state index < -0.39 is 0 Å². The maximum Gasteiger partial charge on any atom is 0.187 e. The van der Waals surface area contributed by atoms with Gasteiger partial charge in [-0.15, -0.1) is 11.3 Å². The van der Waals surface area contributed by atoms with Gasteiger partial charge in [0.15, 0.2) is 5.82 Å². The van der Waals surface area contributed by atoms with Crippen molar-refractivity contribution in [3.63, 3.8) is 0 Å². The quantitative estimate of drug-likeness (QED) is 0.891. The number of aryl methyl sites for hydroxylation is 2. The van der Waals surface area contributed by atoms with Gasteiger partial charge < -0.3 is 14.5 Å². The number of piperidine rings is 1. The second kappa shape index (κ2) is 7.06. The number of ether oxygens (including phenoxy) is 1. The monoisotopic (exact) mass is 373 g/mol. The Bertz CT molecular complexity index is 791. The molecule has 1 N–H and O–H groups in total. The highest BCUT2D eigenvalue weighted by atomic mass is 32.1. The van der Waals surface area contributed by atoms with Gasteiger partial charge >= 0.3 is 0 Å². The molecule has 2 aromatic heterocycles. The molecule has 5 rings (SSSR count). The molecule has 2 fully saturated rings. The van der Waals surface area contributed by atoms with E-state index in [1.807, 2.05) is 11.3 Å². The minimum absolute atomic E-state index is 0.842. The van der Waals surface area contributed by atoms with Crippen molar-refractivity contribution in [1.82, 2.24) is 9.97 Å². The first kappa shape index (κ1) is 16.9. The first-order chi connectivity index (χ1) is 12.8. The highest BCUT2D eigenvalue weighted by Crippen LogP contribution is 2.41. The number of anilines is 1. The van der Waals surface area contributed by atoms with Crippen LogP contribution < -0.4 is 9.80 Å². The lowest BCUT2D eigenvalue weighted by molar-refractivity contribution is -0.922. The van der Waals surface area contributed by atoms with Gasteiger partial charge in [-0.1, -0.05) is 6.92 Å². The van der Waals surface area contributed by atoms with Gasteiger partial charge in [0.1, 0.15) is 30.3 Å². The normalized spacial score (nSPS) is 22.3. The van der Waals surface area contributed by atoms with E-state index in [1.165, 1.54) is 48.1 Å². The molecule has 140 valence electrons. The van der Waals surface area contributed by atoms with Crippen molar-refractivity contribution in [3.8, 4) is 0 Å². The molecule has 2 aromatic rings. The van der Waals surface area contributed by atoms with E-state index >= 15 is 0 Å². The van der Waals surface area contributed by atoms with Gasteiger partial charge in [0.25, 0.3) is 0 Å². The van der Waals surface area contributed by atoms with Crippen molar-refractivity contribution in [2.75, 3.05) is 44.3 Å².